The van der Waals surface area contributed by atoms with Crippen molar-refractivity contribution in [3.8, 4) is 0 Å². The number of aromatic nitrogens is 1. The number of nitrogens with zero attached hydrogens (tertiary/aromatic N) is 2. The average Bonchev–Trinajstić information content (AvgIpc) is 2.79. The second-order valence-electron chi connectivity index (χ2n) is 4.43. The smallest absolute Gasteiger partial charge is 0.243 e. The standard InChI is InChI=1S/C14H19N3O/c1-3-5-7-13(18)17-14-11(10-15-17)8-9-12(16-14)6-4-2/h3,8-9,15H,1,4-7,10H2,2H3. The zero-order chi connectivity index (χ0) is 13.0. The molecule has 4 nitrogen and oxygen atoms in total. The monoisotopic (exact) mass is 245 g/mol. The number of anilines is 1. The lowest BCUT2D eigenvalue weighted by molar-refractivity contribution is -0.119. The van der Waals surface area contributed by atoms with Gasteiger partial charge in [-0.1, -0.05) is 25.5 Å². The van der Waals surface area contributed by atoms with Crippen LogP contribution in [0.25, 0.3) is 0 Å². The second kappa shape index (κ2) is 5.78. The number of hydrazine groups is 1. The van der Waals surface area contributed by atoms with Crippen LogP contribution in [-0.2, 0) is 17.8 Å². The Morgan fingerprint density at radius 1 is 1.61 bits per heavy atom. The van der Waals surface area contributed by atoms with E-state index in [1.807, 2.05) is 6.07 Å². The van der Waals surface area contributed by atoms with Crippen LogP contribution < -0.4 is 10.4 Å². The van der Waals surface area contributed by atoms with Crippen molar-refractivity contribution in [2.45, 2.75) is 39.2 Å². The summed E-state index contributed by atoms with van der Waals surface area (Å²) in [5, 5.41) is 1.58. The van der Waals surface area contributed by atoms with E-state index in [1.54, 1.807) is 11.1 Å². The van der Waals surface area contributed by atoms with Crippen LogP contribution in [0, 0.1) is 0 Å². The molecule has 0 fully saturated rings. The van der Waals surface area contributed by atoms with Crippen LogP contribution in [0.5, 0.6) is 0 Å². The van der Waals surface area contributed by atoms with Crippen molar-refractivity contribution in [1.82, 2.24) is 10.4 Å². The van der Waals surface area contributed by atoms with Crippen molar-refractivity contribution in [1.29, 1.82) is 0 Å². The van der Waals surface area contributed by atoms with Crippen molar-refractivity contribution in [2.24, 2.45) is 0 Å². The number of carbonyl (C=O) groups is 1. The molecule has 18 heavy (non-hydrogen) atoms. The number of pyridine rings is 1. The minimum Gasteiger partial charge on any atom is -0.273 e. The fourth-order valence-corrected chi connectivity index (χ4v) is 2.03. The molecule has 0 aromatic carbocycles. The average molecular weight is 245 g/mol. The predicted octanol–water partition coefficient (Wildman–Crippen LogP) is 2.35. The van der Waals surface area contributed by atoms with E-state index in [-0.39, 0.29) is 5.91 Å². The number of allylic oxidation sites excluding steroid dienone is 1. The third-order valence-corrected chi connectivity index (χ3v) is 2.97. The topological polar surface area (TPSA) is 45.2 Å². The number of amides is 1. The number of hydrogen-bond acceptors (Lipinski definition) is 3. The summed E-state index contributed by atoms with van der Waals surface area (Å²) in [6.45, 7) is 6.44. The number of hydrogen-bond donors (Lipinski definition) is 1. The molecule has 1 aromatic heterocycles. The number of carbonyl (C=O) groups excluding carboxylic acids is 1. The van der Waals surface area contributed by atoms with Crippen molar-refractivity contribution in [2.75, 3.05) is 5.01 Å². The van der Waals surface area contributed by atoms with Gasteiger partial charge in [0.05, 0.1) is 0 Å². The summed E-state index contributed by atoms with van der Waals surface area (Å²) < 4.78 is 0. The van der Waals surface area contributed by atoms with Gasteiger partial charge >= 0.3 is 0 Å². The van der Waals surface area contributed by atoms with Gasteiger partial charge in [-0.2, -0.15) is 0 Å². The second-order valence-corrected chi connectivity index (χ2v) is 4.43. The number of nitrogens with one attached hydrogen (secondary N) is 1. The summed E-state index contributed by atoms with van der Waals surface area (Å²) in [7, 11) is 0. The molecule has 0 atom stereocenters. The Kier molecular flexibility index (Phi) is 4.10. The molecule has 96 valence electrons. The lowest BCUT2D eigenvalue weighted by Gasteiger charge is -2.16. The van der Waals surface area contributed by atoms with Gasteiger partial charge in [-0.05, 0) is 18.9 Å². The highest BCUT2D eigenvalue weighted by Gasteiger charge is 2.25. The first-order valence-electron chi connectivity index (χ1n) is 6.42. The van der Waals surface area contributed by atoms with Crippen LogP contribution in [0.4, 0.5) is 5.82 Å². The summed E-state index contributed by atoms with van der Waals surface area (Å²) in [6, 6.07) is 4.10. The highest BCUT2D eigenvalue weighted by molar-refractivity contribution is 5.93. The predicted molar refractivity (Wildman–Crippen MR) is 72.0 cm³/mol. The van der Waals surface area contributed by atoms with Crippen LogP contribution >= 0.6 is 0 Å². The SMILES string of the molecule is C=CCCC(=O)N1NCc2ccc(CCC)nc21. The molecule has 0 unspecified atom stereocenters. The zero-order valence-electron chi connectivity index (χ0n) is 10.8. The molecule has 1 aliphatic rings. The lowest BCUT2D eigenvalue weighted by atomic mass is 10.2. The highest BCUT2D eigenvalue weighted by atomic mass is 16.2. The van der Waals surface area contributed by atoms with E-state index < -0.39 is 0 Å². The van der Waals surface area contributed by atoms with Crippen LogP contribution in [-0.4, -0.2) is 10.9 Å². The molecule has 1 aromatic rings. The molecule has 2 heterocycles. The number of rotatable bonds is 5. The van der Waals surface area contributed by atoms with E-state index in [4.69, 9.17) is 0 Å². The maximum absolute atomic E-state index is 12.0. The van der Waals surface area contributed by atoms with Crippen LogP contribution in [0.1, 0.15) is 37.4 Å². The normalized spacial score (nSPS) is 13.5. The van der Waals surface area contributed by atoms with Gasteiger partial charge in [0.2, 0.25) is 5.91 Å². The molecule has 1 aliphatic heterocycles. The molecule has 0 aliphatic carbocycles. The molecule has 0 saturated heterocycles. The van der Waals surface area contributed by atoms with Gasteiger partial charge in [-0.15, -0.1) is 6.58 Å². The van der Waals surface area contributed by atoms with Gasteiger partial charge in [0.1, 0.15) is 0 Å². The largest absolute Gasteiger partial charge is 0.273 e. The zero-order valence-corrected chi connectivity index (χ0v) is 10.8. The van der Waals surface area contributed by atoms with E-state index in [9.17, 15) is 4.79 Å². The highest BCUT2D eigenvalue weighted by Crippen LogP contribution is 2.24. The van der Waals surface area contributed by atoms with Crippen LogP contribution in [0.15, 0.2) is 24.8 Å². The van der Waals surface area contributed by atoms with E-state index in [2.05, 4.69) is 30.0 Å². The fourth-order valence-electron chi connectivity index (χ4n) is 2.03. The number of fused-ring (bicyclic) bond motifs is 1. The Labute approximate surface area is 108 Å². The molecule has 2 rings (SSSR count). The molecule has 0 saturated carbocycles. The molecule has 0 spiro atoms. The van der Waals surface area contributed by atoms with Gasteiger partial charge in [0.15, 0.2) is 5.82 Å². The van der Waals surface area contributed by atoms with Crippen molar-refractivity contribution >= 4 is 11.7 Å². The molecular weight excluding hydrogens is 226 g/mol. The molecule has 0 bridgehead atoms. The van der Waals surface area contributed by atoms with E-state index in [0.29, 0.717) is 19.4 Å². The molecule has 1 amide bonds. The lowest BCUT2D eigenvalue weighted by Crippen LogP contribution is -2.38. The summed E-state index contributed by atoms with van der Waals surface area (Å²) in [6.07, 6.45) is 4.93. The molecule has 4 heteroatoms. The summed E-state index contributed by atoms with van der Waals surface area (Å²) in [5.41, 5.74) is 5.22. The van der Waals surface area contributed by atoms with Crippen molar-refractivity contribution in [3.05, 3.63) is 36.0 Å². The van der Waals surface area contributed by atoms with E-state index in [0.717, 1.165) is 29.9 Å². The summed E-state index contributed by atoms with van der Waals surface area (Å²) in [4.78, 5) is 16.6. The van der Waals surface area contributed by atoms with Gasteiger partial charge < -0.3 is 0 Å². The summed E-state index contributed by atoms with van der Waals surface area (Å²) >= 11 is 0. The minimum absolute atomic E-state index is 0.0507. The van der Waals surface area contributed by atoms with Crippen LogP contribution in [0.3, 0.4) is 0 Å². The van der Waals surface area contributed by atoms with Crippen molar-refractivity contribution in [3.63, 3.8) is 0 Å². The van der Waals surface area contributed by atoms with E-state index >= 15 is 0 Å². The molecule has 1 N–H and O–H groups in total. The Balaban J connectivity index is 2.17. The Morgan fingerprint density at radius 3 is 3.17 bits per heavy atom. The Morgan fingerprint density at radius 2 is 2.44 bits per heavy atom. The van der Waals surface area contributed by atoms with Crippen LogP contribution in [0.2, 0.25) is 0 Å². The first kappa shape index (κ1) is 12.8. The van der Waals surface area contributed by atoms with Gasteiger partial charge in [0, 0.05) is 24.2 Å². The fraction of sp³-hybridized carbons (Fsp3) is 0.429. The van der Waals surface area contributed by atoms with E-state index in [1.165, 1.54) is 0 Å². The van der Waals surface area contributed by atoms with Gasteiger partial charge in [-0.25, -0.2) is 15.4 Å². The van der Waals surface area contributed by atoms with Gasteiger partial charge in [0.25, 0.3) is 0 Å². The Bertz CT molecular complexity index is 456. The van der Waals surface area contributed by atoms with Gasteiger partial charge in [-0.3, -0.25) is 4.79 Å². The third kappa shape index (κ3) is 2.59. The minimum atomic E-state index is 0.0507. The maximum atomic E-state index is 12.0. The maximum Gasteiger partial charge on any atom is 0.243 e. The first-order valence-corrected chi connectivity index (χ1v) is 6.42. The molecular formula is C14H19N3O. The number of aryl methyl sites for hydroxylation is 1. The quantitative estimate of drug-likeness (QED) is 0.810. The third-order valence-electron chi connectivity index (χ3n) is 2.97. The molecule has 0 radical (unpaired) electrons. The van der Waals surface area contributed by atoms with Crippen molar-refractivity contribution < 1.29 is 4.79 Å². The first-order chi connectivity index (χ1) is 8.76. The Hall–Kier alpha value is -1.68. The summed E-state index contributed by atoms with van der Waals surface area (Å²) in [5.74, 6) is 0.824.